The van der Waals surface area contributed by atoms with Gasteiger partial charge < -0.3 is 14.0 Å². The first-order valence-electron chi connectivity index (χ1n) is 5.77. The van der Waals surface area contributed by atoms with Crippen molar-refractivity contribution >= 4 is 0 Å². The Bertz CT molecular complexity index is 299. The molecule has 0 saturated carbocycles. The topological polar surface area (TPSA) is 23.4 Å². The zero-order chi connectivity index (χ0) is 12.0. The van der Waals surface area contributed by atoms with E-state index in [-0.39, 0.29) is 5.41 Å². The van der Waals surface area contributed by atoms with Crippen LogP contribution >= 0.6 is 0 Å². The van der Waals surface area contributed by atoms with Gasteiger partial charge in [0.25, 0.3) is 0 Å². The zero-order valence-corrected chi connectivity index (χ0v) is 10.8. The first-order chi connectivity index (χ1) is 7.54. The van der Waals surface area contributed by atoms with Gasteiger partial charge in [0.05, 0.1) is 19.8 Å². The maximum absolute atomic E-state index is 5.43. The van der Waals surface area contributed by atoms with Gasteiger partial charge in [-0.05, 0) is 17.0 Å². The van der Waals surface area contributed by atoms with Crippen LogP contribution in [0.3, 0.4) is 0 Å². The molecule has 1 aromatic rings. The summed E-state index contributed by atoms with van der Waals surface area (Å²) in [5.41, 5.74) is 1.59. The van der Waals surface area contributed by atoms with E-state index in [0.717, 1.165) is 13.2 Å². The van der Waals surface area contributed by atoms with Crippen LogP contribution in [0.25, 0.3) is 0 Å². The summed E-state index contributed by atoms with van der Waals surface area (Å²) in [5.74, 6) is 0. The molecule has 1 rings (SSSR count). The number of hydrogen-bond acceptors (Lipinski definition) is 2. The molecule has 0 aliphatic heterocycles. The van der Waals surface area contributed by atoms with Gasteiger partial charge in [-0.25, -0.2) is 0 Å². The van der Waals surface area contributed by atoms with Crippen molar-refractivity contribution in [1.82, 2.24) is 4.57 Å². The molecule has 0 aliphatic carbocycles. The largest absolute Gasteiger partial charge is 0.382 e. The summed E-state index contributed by atoms with van der Waals surface area (Å²) < 4.78 is 12.5. The molecule has 92 valence electrons. The summed E-state index contributed by atoms with van der Waals surface area (Å²) in [5, 5.41) is 0. The van der Waals surface area contributed by atoms with Crippen molar-refractivity contribution in [2.45, 2.75) is 32.7 Å². The molecule has 0 radical (unpaired) electrons. The van der Waals surface area contributed by atoms with Crippen molar-refractivity contribution in [3.63, 3.8) is 0 Å². The summed E-state index contributed by atoms with van der Waals surface area (Å²) in [6.45, 7) is 9.65. The second kappa shape index (κ2) is 6.06. The van der Waals surface area contributed by atoms with Crippen LogP contribution in [0, 0.1) is 0 Å². The minimum atomic E-state index is 0.224. The van der Waals surface area contributed by atoms with E-state index in [1.54, 1.807) is 7.11 Å². The highest BCUT2D eigenvalue weighted by molar-refractivity contribution is 5.19. The molecule has 0 aromatic carbocycles. The third-order valence-electron chi connectivity index (χ3n) is 2.54. The van der Waals surface area contributed by atoms with Gasteiger partial charge in [0.1, 0.15) is 0 Å². The third kappa shape index (κ3) is 4.37. The molecule has 0 fully saturated rings. The number of aromatic nitrogens is 1. The molecule has 0 bridgehead atoms. The van der Waals surface area contributed by atoms with E-state index in [0.29, 0.717) is 13.2 Å². The van der Waals surface area contributed by atoms with E-state index in [2.05, 4.69) is 43.8 Å². The van der Waals surface area contributed by atoms with Crippen LogP contribution in [0.1, 0.15) is 26.3 Å². The van der Waals surface area contributed by atoms with Crippen LogP contribution in [-0.2, 0) is 21.4 Å². The monoisotopic (exact) mass is 225 g/mol. The summed E-state index contributed by atoms with van der Waals surface area (Å²) in [6, 6.07) is 2.18. The zero-order valence-electron chi connectivity index (χ0n) is 10.8. The fourth-order valence-corrected chi connectivity index (χ4v) is 1.44. The second-order valence-electron chi connectivity index (χ2n) is 4.99. The van der Waals surface area contributed by atoms with Gasteiger partial charge >= 0.3 is 0 Å². The van der Waals surface area contributed by atoms with E-state index in [1.165, 1.54) is 5.56 Å². The highest BCUT2D eigenvalue weighted by atomic mass is 16.5. The van der Waals surface area contributed by atoms with Crippen LogP contribution in [0.4, 0.5) is 0 Å². The molecule has 1 heterocycles. The molecule has 0 amide bonds. The lowest BCUT2D eigenvalue weighted by molar-refractivity contribution is 0.0666. The molecule has 0 aliphatic rings. The predicted molar refractivity (Wildman–Crippen MR) is 65.8 cm³/mol. The van der Waals surface area contributed by atoms with E-state index in [9.17, 15) is 0 Å². The van der Waals surface area contributed by atoms with E-state index in [4.69, 9.17) is 9.47 Å². The SMILES string of the molecule is COCCOCCn1ccc(C(C)(C)C)c1. The van der Waals surface area contributed by atoms with Crippen molar-refractivity contribution < 1.29 is 9.47 Å². The highest BCUT2D eigenvalue weighted by Gasteiger charge is 2.14. The molecule has 3 nitrogen and oxygen atoms in total. The van der Waals surface area contributed by atoms with Crippen molar-refractivity contribution in [3.05, 3.63) is 24.0 Å². The maximum atomic E-state index is 5.43. The highest BCUT2D eigenvalue weighted by Crippen LogP contribution is 2.21. The molecule has 1 aromatic heterocycles. The Balaban J connectivity index is 2.30. The molecule has 0 N–H and O–H groups in total. The Morgan fingerprint density at radius 1 is 1.19 bits per heavy atom. The second-order valence-corrected chi connectivity index (χ2v) is 4.99. The molecule has 0 unspecified atom stereocenters. The van der Waals surface area contributed by atoms with Crippen molar-refractivity contribution in [3.8, 4) is 0 Å². The van der Waals surface area contributed by atoms with E-state index < -0.39 is 0 Å². The Kier molecular flexibility index (Phi) is 5.03. The number of methoxy groups -OCH3 is 1. The summed E-state index contributed by atoms with van der Waals surface area (Å²) in [7, 11) is 1.69. The quantitative estimate of drug-likeness (QED) is 0.694. The fraction of sp³-hybridized carbons (Fsp3) is 0.692. The molecule has 0 spiro atoms. The third-order valence-corrected chi connectivity index (χ3v) is 2.54. The summed E-state index contributed by atoms with van der Waals surface area (Å²) in [6.07, 6.45) is 4.31. The fourth-order valence-electron chi connectivity index (χ4n) is 1.44. The van der Waals surface area contributed by atoms with Gasteiger partial charge in [-0.2, -0.15) is 0 Å². The average molecular weight is 225 g/mol. The van der Waals surface area contributed by atoms with Gasteiger partial charge in [-0.1, -0.05) is 20.8 Å². The van der Waals surface area contributed by atoms with Crippen molar-refractivity contribution in [1.29, 1.82) is 0 Å². The van der Waals surface area contributed by atoms with E-state index in [1.807, 2.05) is 0 Å². The van der Waals surface area contributed by atoms with Gasteiger partial charge in [0.2, 0.25) is 0 Å². The lowest BCUT2D eigenvalue weighted by Gasteiger charge is -2.16. The van der Waals surface area contributed by atoms with Crippen molar-refractivity contribution in [2.24, 2.45) is 0 Å². The normalized spacial score (nSPS) is 12.0. The van der Waals surface area contributed by atoms with E-state index >= 15 is 0 Å². The molecule has 16 heavy (non-hydrogen) atoms. The lowest BCUT2D eigenvalue weighted by atomic mass is 9.89. The summed E-state index contributed by atoms with van der Waals surface area (Å²) >= 11 is 0. The van der Waals surface area contributed by atoms with Crippen LogP contribution in [0.5, 0.6) is 0 Å². The Morgan fingerprint density at radius 2 is 1.94 bits per heavy atom. The molecule has 0 atom stereocenters. The molecule has 0 saturated heterocycles. The van der Waals surface area contributed by atoms with Gasteiger partial charge in [0.15, 0.2) is 0 Å². The van der Waals surface area contributed by atoms with Crippen LogP contribution in [0.15, 0.2) is 18.5 Å². The summed E-state index contributed by atoms with van der Waals surface area (Å²) in [4.78, 5) is 0. The number of rotatable bonds is 6. The first-order valence-corrected chi connectivity index (χ1v) is 5.77. The Labute approximate surface area is 98.4 Å². The number of ether oxygens (including phenoxy) is 2. The minimum absolute atomic E-state index is 0.224. The van der Waals surface area contributed by atoms with Crippen molar-refractivity contribution in [2.75, 3.05) is 26.9 Å². The minimum Gasteiger partial charge on any atom is -0.382 e. The Hall–Kier alpha value is -0.800. The molecular formula is C13H23NO2. The molecule has 3 heteroatoms. The number of nitrogens with zero attached hydrogens (tertiary/aromatic N) is 1. The number of hydrogen-bond donors (Lipinski definition) is 0. The predicted octanol–water partition coefficient (Wildman–Crippen LogP) is 2.45. The first kappa shape index (κ1) is 13.3. The van der Waals surface area contributed by atoms with Gasteiger partial charge in [0, 0.05) is 26.0 Å². The van der Waals surface area contributed by atoms with Crippen LogP contribution < -0.4 is 0 Å². The smallest absolute Gasteiger partial charge is 0.0701 e. The molecular weight excluding hydrogens is 202 g/mol. The standard InChI is InChI=1S/C13H23NO2/c1-13(2,3)12-5-6-14(11-12)7-8-16-10-9-15-4/h5-6,11H,7-10H2,1-4H3. The van der Waals surface area contributed by atoms with Crippen LogP contribution in [-0.4, -0.2) is 31.5 Å². The van der Waals surface area contributed by atoms with Gasteiger partial charge in [-0.3, -0.25) is 0 Å². The lowest BCUT2D eigenvalue weighted by Crippen LogP contribution is -2.11. The van der Waals surface area contributed by atoms with Gasteiger partial charge in [-0.15, -0.1) is 0 Å². The average Bonchev–Trinajstić information content (AvgIpc) is 2.65. The Morgan fingerprint density at radius 3 is 2.50 bits per heavy atom. The maximum Gasteiger partial charge on any atom is 0.0701 e. The van der Waals surface area contributed by atoms with Crippen LogP contribution in [0.2, 0.25) is 0 Å².